The second kappa shape index (κ2) is 11.2. The maximum atomic E-state index is 13.8. The van der Waals surface area contributed by atoms with Crippen LogP contribution in [0, 0.1) is 17.0 Å². The number of amides is 1. The zero-order chi connectivity index (χ0) is 29.7. The van der Waals surface area contributed by atoms with E-state index in [-0.39, 0.29) is 46.2 Å². The van der Waals surface area contributed by atoms with E-state index in [9.17, 15) is 20.0 Å². The zero-order valence-electron chi connectivity index (χ0n) is 24.4. The van der Waals surface area contributed by atoms with Crippen LogP contribution in [0.1, 0.15) is 48.7 Å². The number of pyridine rings is 1. The average molecular weight is 582 g/mol. The van der Waals surface area contributed by atoms with Gasteiger partial charge in [0.05, 0.1) is 22.6 Å². The monoisotopic (exact) mass is 581 g/mol. The lowest BCUT2D eigenvalue weighted by atomic mass is 9.70. The van der Waals surface area contributed by atoms with Gasteiger partial charge in [-0.3, -0.25) is 14.8 Å². The molecule has 5 heterocycles. The Labute approximate surface area is 250 Å². The lowest BCUT2D eigenvalue weighted by Gasteiger charge is -2.54. The molecule has 10 heteroatoms. The summed E-state index contributed by atoms with van der Waals surface area (Å²) in [5.41, 5.74) is 5.27. The van der Waals surface area contributed by atoms with Crippen molar-refractivity contribution in [3.05, 3.63) is 93.3 Å². The standard InChI is InChI=1S/C33H37N6O4/c1-36-29-9-5-4-8-26(29)35-30(36)11-3-2-6-15-34-33(41)25-18-21-17-24(39(42)43)13-14-28(21)38-19-22-16-23(32(25)38)20-37-27(22)10-7-12-31(37)40/h4-5,7-10,12-14,17,22-23,25,32,42H,2-3,6,11,15-16,18-20H2,1H3,(H,34,41)/q-1/t22?,23?,25-,32+/m1/s1. The Hall–Kier alpha value is -4.15. The lowest BCUT2D eigenvalue weighted by molar-refractivity contribution is -0.126. The maximum Gasteiger partial charge on any atom is 0.250 e. The molecular weight excluding hydrogens is 544 g/mol. The summed E-state index contributed by atoms with van der Waals surface area (Å²) in [5, 5.41) is 24.3. The molecule has 0 spiro atoms. The van der Waals surface area contributed by atoms with Crippen molar-refractivity contribution in [3.63, 3.8) is 0 Å². The van der Waals surface area contributed by atoms with Crippen LogP contribution in [0.4, 0.5) is 11.4 Å². The van der Waals surface area contributed by atoms with Crippen molar-refractivity contribution in [1.82, 2.24) is 19.4 Å². The van der Waals surface area contributed by atoms with Crippen LogP contribution in [-0.2, 0) is 31.2 Å². The molecule has 1 amide bonds. The minimum Gasteiger partial charge on any atom is -0.733 e. The topological polar surface area (TPSA) is 119 Å². The Kier molecular flexibility index (Phi) is 7.18. The van der Waals surface area contributed by atoms with E-state index in [2.05, 4.69) is 27.9 Å². The highest BCUT2D eigenvalue weighted by Crippen LogP contribution is 2.47. The van der Waals surface area contributed by atoms with Gasteiger partial charge in [-0.15, -0.1) is 0 Å². The molecule has 224 valence electrons. The molecule has 0 saturated carbocycles. The van der Waals surface area contributed by atoms with Crippen molar-refractivity contribution in [1.29, 1.82) is 0 Å². The van der Waals surface area contributed by atoms with Gasteiger partial charge in [-0.1, -0.05) is 24.6 Å². The number of aryl methyl sites for hydroxylation is 2. The van der Waals surface area contributed by atoms with Crippen molar-refractivity contribution in [2.75, 3.05) is 23.2 Å². The molecule has 2 N–H and O–H groups in total. The third-order valence-electron chi connectivity index (χ3n) is 9.80. The number of nitrogens with one attached hydrogen (secondary N) is 1. The van der Waals surface area contributed by atoms with E-state index < -0.39 is 0 Å². The fraction of sp³-hybridized carbons (Fsp3) is 0.424. The van der Waals surface area contributed by atoms with Crippen LogP contribution in [-0.4, -0.2) is 44.4 Å². The largest absolute Gasteiger partial charge is 0.733 e. The van der Waals surface area contributed by atoms with Crippen LogP contribution in [0.3, 0.4) is 0 Å². The number of nitrogens with zero attached hydrogens (tertiary/aromatic N) is 5. The summed E-state index contributed by atoms with van der Waals surface area (Å²) in [6.45, 7) is 1.89. The van der Waals surface area contributed by atoms with E-state index >= 15 is 0 Å². The van der Waals surface area contributed by atoms with Gasteiger partial charge in [0, 0.05) is 62.5 Å². The Morgan fingerprint density at radius 3 is 2.79 bits per heavy atom. The van der Waals surface area contributed by atoms with Crippen LogP contribution in [0.25, 0.3) is 11.0 Å². The number of carbonyl (C=O) groups excluding carboxylic acids is 1. The van der Waals surface area contributed by atoms with Crippen molar-refractivity contribution >= 4 is 28.3 Å². The van der Waals surface area contributed by atoms with Gasteiger partial charge in [0.2, 0.25) is 5.91 Å². The maximum absolute atomic E-state index is 13.8. The average Bonchev–Trinajstić information content (AvgIpc) is 3.33. The Morgan fingerprint density at radius 1 is 1.09 bits per heavy atom. The number of unbranched alkanes of at least 4 members (excludes halogenated alkanes) is 2. The molecule has 3 aliphatic heterocycles. The van der Waals surface area contributed by atoms with Crippen LogP contribution >= 0.6 is 0 Å². The highest BCUT2D eigenvalue weighted by Gasteiger charge is 2.49. The van der Waals surface area contributed by atoms with Gasteiger partial charge in [0.15, 0.2) is 0 Å². The van der Waals surface area contributed by atoms with Crippen LogP contribution in [0.15, 0.2) is 65.5 Å². The summed E-state index contributed by atoms with van der Waals surface area (Å²) in [6, 6.07) is 18.8. The van der Waals surface area contributed by atoms with Gasteiger partial charge in [-0.05, 0) is 73.6 Å². The number of hydrogen-bond donors (Lipinski definition) is 2. The Bertz CT molecular complexity index is 1730. The number of para-hydroxylation sites is 2. The van der Waals surface area contributed by atoms with Gasteiger partial charge < -0.3 is 29.8 Å². The summed E-state index contributed by atoms with van der Waals surface area (Å²) in [6.07, 6.45) is 5.16. The minimum atomic E-state index is -0.326. The molecular formula is C33H37N6O4-. The number of aromatic nitrogens is 3. The van der Waals surface area contributed by atoms with E-state index in [4.69, 9.17) is 4.98 Å². The van der Waals surface area contributed by atoms with Crippen LogP contribution in [0.5, 0.6) is 0 Å². The smallest absolute Gasteiger partial charge is 0.250 e. The highest BCUT2D eigenvalue weighted by atomic mass is 16.8. The van der Waals surface area contributed by atoms with Crippen LogP contribution < -0.4 is 21.0 Å². The third-order valence-corrected chi connectivity index (χ3v) is 9.80. The second-order valence-electron chi connectivity index (χ2n) is 12.3. The molecule has 4 atom stereocenters. The van der Waals surface area contributed by atoms with Gasteiger partial charge in [0.1, 0.15) is 5.82 Å². The molecule has 43 heavy (non-hydrogen) atoms. The fourth-order valence-corrected chi connectivity index (χ4v) is 7.80. The normalized spacial score (nSPS) is 22.1. The van der Waals surface area contributed by atoms with Crippen LogP contribution in [0.2, 0.25) is 0 Å². The highest BCUT2D eigenvalue weighted by molar-refractivity contribution is 5.82. The van der Waals surface area contributed by atoms with E-state index in [1.54, 1.807) is 18.2 Å². The lowest BCUT2D eigenvalue weighted by Crippen LogP contribution is -2.61. The van der Waals surface area contributed by atoms with Gasteiger partial charge in [0.25, 0.3) is 5.56 Å². The molecule has 1 saturated heterocycles. The molecule has 4 aromatic rings. The molecule has 2 aromatic heterocycles. The van der Waals surface area contributed by atoms with Crippen molar-refractivity contribution in [2.24, 2.45) is 18.9 Å². The molecule has 0 radical (unpaired) electrons. The molecule has 10 nitrogen and oxygen atoms in total. The van der Waals surface area contributed by atoms with Crippen molar-refractivity contribution < 1.29 is 10.0 Å². The first-order valence-electron chi connectivity index (χ1n) is 15.3. The summed E-state index contributed by atoms with van der Waals surface area (Å²) in [5.74, 6) is 1.09. The predicted molar refractivity (Wildman–Crippen MR) is 165 cm³/mol. The summed E-state index contributed by atoms with van der Waals surface area (Å²) in [7, 11) is 2.06. The number of hydrogen-bond acceptors (Lipinski definition) is 7. The summed E-state index contributed by atoms with van der Waals surface area (Å²) >= 11 is 0. The number of carbonyl (C=O) groups is 1. The second-order valence-corrected chi connectivity index (χ2v) is 12.3. The molecule has 2 aromatic carbocycles. The summed E-state index contributed by atoms with van der Waals surface area (Å²) < 4.78 is 4.06. The fourth-order valence-electron chi connectivity index (χ4n) is 7.80. The quantitative estimate of drug-likeness (QED) is 0.237. The zero-order valence-corrected chi connectivity index (χ0v) is 24.4. The molecule has 2 unspecified atom stereocenters. The molecule has 7 rings (SSSR count). The third kappa shape index (κ3) is 4.98. The number of benzene rings is 2. The molecule has 2 bridgehead atoms. The Balaban J connectivity index is 1.05. The number of rotatable bonds is 8. The van der Waals surface area contributed by atoms with E-state index in [1.165, 1.54) is 0 Å². The summed E-state index contributed by atoms with van der Waals surface area (Å²) in [4.78, 5) is 33.7. The number of anilines is 2. The SMILES string of the molecule is Cn1c(CCCCCNC(=O)[C@@H]2Cc3cc(N([O-])O)ccc3N3CC4CC(Cn5c4cccc5=O)[C@@H]23)nc2ccccc21. The Morgan fingerprint density at radius 2 is 1.95 bits per heavy atom. The van der Waals surface area contributed by atoms with E-state index in [0.29, 0.717) is 26.1 Å². The van der Waals surface area contributed by atoms with Crippen molar-refractivity contribution in [3.8, 4) is 0 Å². The van der Waals surface area contributed by atoms with E-state index in [1.807, 2.05) is 41.0 Å². The first-order chi connectivity index (χ1) is 20.9. The van der Waals surface area contributed by atoms with E-state index in [0.717, 1.165) is 65.9 Å². The van der Waals surface area contributed by atoms with Crippen molar-refractivity contribution in [2.45, 2.75) is 57.0 Å². The minimum absolute atomic E-state index is 0.00837. The number of imidazole rings is 1. The molecule has 3 aliphatic rings. The number of fused-ring (bicyclic) bond motifs is 9. The first kappa shape index (κ1) is 27.7. The van der Waals surface area contributed by atoms with Gasteiger partial charge in [-0.2, -0.15) is 0 Å². The molecule has 0 aliphatic carbocycles. The van der Waals surface area contributed by atoms with Gasteiger partial charge >= 0.3 is 0 Å². The molecule has 1 fully saturated rings. The number of piperidine rings is 1. The predicted octanol–water partition coefficient (Wildman–Crippen LogP) is 4.12. The van der Waals surface area contributed by atoms with Gasteiger partial charge in [-0.25, -0.2) is 4.98 Å². The first-order valence-corrected chi connectivity index (χ1v) is 15.3.